The maximum Gasteiger partial charge on any atom is 0.220 e. The summed E-state index contributed by atoms with van der Waals surface area (Å²) in [5, 5.41) is 3.58. The first-order valence-electron chi connectivity index (χ1n) is 15.4. The number of hydrogen-bond donors (Lipinski definition) is 0. The van der Waals surface area contributed by atoms with Gasteiger partial charge in [-0.25, -0.2) is 4.98 Å². The number of carbonyl (C=O) groups is 1. The molecule has 0 aliphatic carbocycles. The van der Waals surface area contributed by atoms with Crippen molar-refractivity contribution in [1.82, 2.24) is 14.0 Å². The monoisotopic (exact) mass is 592 g/mol. The molecule has 7 aromatic rings. The molecule has 0 saturated heterocycles. The Morgan fingerprint density at radius 2 is 1.11 bits per heavy atom. The minimum absolute atomic E-state index is 0.0969. The molecule has 2 aromatic heterocycles. The Bertz CT molecular complexity index is 1930. The number of aryl methyl sites for hydroxylation is 1. The predicted molar refractivity (Wildman–Crippen MR) is 185 cm³/mol. The zero-order valence-corrected chi connectivity index (χ0v) is 25.8. The molecule has 216 valence electrons. The zero-order chi connectivity index (χ0) is 29.9. The normalized spacial score (nSPS) is 11.8. The highest BCUT2D eigenvalue weighted by atomic mass is 31.2. The smallest absolute Gasteiger partial charge is 0.220 e. The van der Waals surface area contributed by atoms with E-state index in [1.165, 1.54) is 15.9 Å². The predicted octanol–water partition coefficient (Wildman–Crippen LogP) is 7.93. The highest BCUT2D eigenvalue weighted by molar-refractivity contribution is 7.96. The second kappa shape index (κ2) is 12.1. The molecule has 4 nitrogen and oxygen atoms in total. The number of Topliss-reactive ketones (excluding diaryl/α,β-unsaturated/α-hetero) is 1. The minimum Gasteiger partial charge on any atom is -0.310 e. The van der Waals surface area contributed by atoms with E-state index < -0.39 is 7.26 Å². The Balaban J connectivity index is 1.51. The average Bonchev–Trinajstić information content (AvgIpc) is 3.63. The van der Waals surface area contributed by atoms with Crippen molar-refractivity contribution in [3.63, 3.8) is 0 Å². The summed E-state index contributed by atoms with van der Waals surface area (Å²) in [4.78, 5) is 20.5. The number of hydrogen-bond acceptors (Lipinski definition) is 2. The molecule has 5 heteroatoms. The minimum atomic E-state index is -2.41. The van der Waals surface area contributed by atoms with E-state index in [1.54, 1.807) is 0 Å². The van der Waals surface area contributed by atoms with Crippen molar-refractivity contribution in [2.75, 3.05) is 6.16 Å². The summed E-state index contributed by atoms with van der Waals surface area (Å²) < 4.78 is 4.42. The second-order valence-electron chi connectivity index (χ2n) is 11.2. The van der Waals surface area contributed by atoms with Crippen LogP contribution in [0.25, 0.3) is 28.1 Å². The molecule has 0 atom stereocenters. The molecule has 44 heavy (non-hydrogen) atoms. The van der Waals surface area contributed by atoms with Crippen LogP contribution in [0, 0.1) is 0 Å². The first-order valence-corrected chi connectivity index (χ1v) is 17.3. The molecule has 0 unspecified atom stereocenters. The van der Waals surface area contributed by atoms with Crippen molar-refractivity contribution in [2.45, 2.75) is 26.3 Å². The Labute approximate surface area is 259 Å². The van der Waals surface area contributed by atoms with Crippen molar-refractivity contribution < 1.29 is 4.79 Å². The van der Waals surface area contributed by atoms with Gasteiger partial charge in [-0.15, -0.1) is 0 Å². The lowest BCUT2D eigenvalue weighted by molar-refractivity contribution is 0.101. The van der Waals surface area contributed by atoms with E-state index >= 15 is 4.79 Å². The maximum atomic E-state index is 15.3. The van der Waals surface area contributed by atoms with E-state index in [-0.39, 0.29) is 5.78 Å². The second-order valence-corrected chi connectivity index (χ2v) is 14.7. The van der Waals surface area contributed by atoms with Gasteiger partial charge in [0.25, 0.3) is 0 Å². The van der Waals surface area contributed by atoms with Crippen LogP contribution in [0.3, 0.4) is 0 Å². The number of para-hydroxylation sites is 2. The van der Waals surface area contributed by atoms with Crippen molar-refractivity contribution in [1.29, 1.82) is 0 Å². The van der Waals surface area contributed by atoms with E-state index in [4.69, 9.17) is 4.98 Å². The quantitative estimate of drug-likeness (QED) is 0.120. The van der Waals surface area contributed by atoms with Gasteiger partial charge in [0, 0.05) is 12.1 Å². The van der Waals surface area contributed by atoms with Crippen LogP contribution in [0.4, 0.5) is 0 Å². The molecule has 0 aliphatic rings. The summed E-state index contributed by atoms with van der Waals surface area (Å²) in [5.41, 5.74) is 4.47. The zero-order valence-electron chi connectivity index (χ0n) is 24.9. The lowest BCUT2D eigenvalue weighted by Gasteiger charge is -2.27. The molecule has 0 fully saturated rings. The number of fused-ring (bicyclic) bond motifs is 3. The van der Waals surface area contributed by atoms with Gasteiger partial charge in [0.1, 0.15) is 40.7 Å². The fourth-order valence-electron chi connectivity index (χ4n) is 6.46. The number of nitrogens with zero attached hydrogens (tertiary/aromatic N) is 3. The van der Waals surface area contributed by atoms with Crippen LogP contribution in [0.5, 0.6) is 0 Å². The number of aromatic nitrogens is 3. The Morgan fingerprint density at radius 3 is 1.64 bits per heavy atom. The summed E-state index contributed by atoms with van der Waals surface area (Å²) in [6.07, 6.45) is 2.47. The van der Waals surface area contributed by atoms with Crippen LogP contribution < -0.4 is 15.9 Å². The van der Waals surface area contributed by atoms with Gasteiger partial charge >= 0.3 is 0 Å². The van der Waals surface area contributed by atoms with E-state index in [2.05, 4.69) is 143 Å². The fourth-order valence-corrected chi connectivity index (χ4v) is 10.5. The Kier molecular flexibility index (Phi) is 7.68. The van der Waals surface area contributed by atoms with Gasteiger partial charge in [-0.1, -0.05) is 110 Å². The van der Waals surface area contributed by atoms with Crippen LogP contribution in [0.2, 0.25) is 0 Å². The molecular weight excluding hydrogens is 557 g/mol. The summed E-state index contributed by atoms with van der Waals surface area (Å²) in [5.74, 6) is 0.921. The van der Waals surface area contributed by atoms with Gasteiger partial charge in [-0.3, -0.25) is 9.20 Å². The van der Waals surface area contributed by atoms with Crippen LogP contribution in [0.15, 0.2) is 146 Å². The standard InChI is InChI=1S/C39H35N3OP/c1-2-3-28-41-34-26-16-17-27-35(34)42-38(37(40-39(41)42)30-18-8-4-9-19-30)36(43)29-44(31-20-10-5-11-21-31,32-22-12-6-13-23-32)33-24-14-7-15-25-33/h4-27H,2-3,28-29H2,1H3/q+1. The van der Waals surface area contributed by atoms with Crippen molar-refractivity contribution >= 4 is 45.8 Å². The number of imidazole rings is 2. The molecule has 5 aromatic carbocycles. The van der Waals surface area contributed by atoms with Gasteiger partial charge in [0.15, 0.2) is 0 Å². The highest BCUT2D eigenvalue weighted by Crippen LogP contribution is 2.56. The third kappa shape index (κ3) is 4.76. The molecule has 0 saturated carbocycles. The Hall–Kier alpha value is -4.79. The lowest BCUT2D eigenvalue weighted by Crippen LogP contribution is -2.36. The van der Waals surface area contributed by atoms with Gasteiger partial charge in [-0.05, 0) is 55.0 Å². The summed E-state index contributed by atoms with van der Waals surface area (Å²) in [6.45, 7) is 3.06. The summed E-state index contributed by atoms with van der Waals surface area (Å²) >= 11 is 0. The molecule has 2 heterocycles. The average molecular weight is 593 g/mol. The largest absolute Gasteiger partial charge is 0.310 e. The number of carbonyl (C=O) groups excluding carboxylic acids is 1. The molecule has 0 spiro atoms. The van der Waals surface area contributed by atoms with Gasteiger partial charge in [0.05, 0.1) is 11.0 Å². The van der Waals surface area contributed by atoms with Crippen molar-refractivity contribution in [2.24, 2.45) is 0 Å². The molecule has 0 bridgehead atoms. The fraction of sp³-hybridized carbons (Fsp3) is 0.128. The van der Waals surface area contributed by atoms with E-state index in [1.807, 2.05) is 18.2 Å². The molecule has 0 N–H and O–H groups in total. The first kappa shape index (κ1) is 28.0. The molecule has 0 amide bonds. The number of unbranched alkanes of at least 4 members (excludes halogenated alkanes) is 1. The summed E-state index contributed by atoms with van der Waals surface area (Å²) in [7, 11) is -2.41. The highest BCUT2D eigenvalue weighted by Gasteiger charge is 2.48. The third-order valence-corrected chi connectivity index (χ3v) is 12.8. The van der Waals surface area contributed by atoms with E-state index in [9.17, 15) is 0 Å². The van der Waals surface area contributed by atoms with Crippen LogP contribution in [0.1, 0.15) is 30.3 Å². The Morgan fingerprint density at radius 1 is 0.636 bits per heavy atom. The van der Waals surface area contributed by atoms with Gasteiger partial charge in [-0.2, -0.15) is 0 Å². The topological polar surface area (TPSA) is 39.3 Å². The van der Waals surface area contributed by atoms with Crippen LogP contribution in [-0.2, 0) is 6.54 Å². The molecular formula is C39H35N3OP+. The third-order valence-electron chi connectivity index (χ3n) is 8.53. The van der Waals surface area contributed by atoms with Crippen molar-refractivity contribution in [3.8, 4) is 11.3 Å². The van der Waals surface area contributed by atoms with Crippen LogP contribution in [-0.4, -0.2) is 25.9 Å². The number of ketones is 1. The number of benzene rings is 5. The lowest BCUT2D eigenvalue weighted by atomic mass is 10.1. The SMILES string of the molecule is CCCCn1c2ccccc2n2c(C(=O)C[P+](c3ccccc3)(c3ccccc3)c3ccccc3)c(-c3ccccc3)nc12. The van der Waals surface area contributed by atoms with E-state index in [0.29, 0.717) is 11.9 Å². The van der Waals surface area contributed by atoms with Gasteiger partial charge in [0.2, 0.25) is 11.6 Å². The van der Waals surface area contributed by atoms with Gasteiger partial charge < -0.3 is 4.57 Å². The number of rotatable bonds is 10. The maximum absolute atomic E-state index is 15.3. The molecule has 0 radical (unpaired) electrons. The molecule has 7 rings (SSSR count). The first-order chi connectivity index (χ1) is 21.7. The molecule has 0 aliphatic heterocycles. The summed E-state index contributed by atoms with van der Waals surface area (Å²) in [6, 6.07) is 50.4. The van der Waals surface area contributed by atoms with Crippen LogP contribution >= 0.6 is 7.26 Å². The van der Waals surface area contributed by atoms with E-state index in [0.717, 1.165) is 47.5 Å². The van der Waals surface area contributed by atoms with Crippen molar-refractivity contribution in [3.05, 3.63) is 151 Å².